The summed E-state index contributed by atoms with van der Waals surface area (Å²) in [7, 11) is 0. The number of ether oxygens (including phenoxy) is 1. The number of benzene rings is 1. The highest BCUT2D eigenvalue weighted by Gasteiger charge is 2.52. The predicted molar refractivity (Wildman–Crippen MR) is 193 cm³/mol. The van der Waals surface area contributed by atoms with Crippen LogP contribution in [0.25, 0.3) is 17.1 Å². The van der Waals surface area contributed by atoms with Crippen LogP contribution in [0.5, 0.6) is 0 Å². The van der Waals surface area contributed by atoms with Crippen molar-refractivity contribution in [2.24, 2.45) is 17.3 Å². The molecule has 1 aromatic carbocycles. The number of Topliss-reactive ketones (excluding diaryl/α,β-unsaturated/α-hetero) is 1. The molecule has 50 heavy (non-hydrogen) atoms. The molecule has 0 spiro atoms. The van der Waals surface area contributed by atoms with Crippen molar-refractivity contribution in [2.75, 3.05) is 6.61 Å². The van der Waals surface area contributed by atoms with E-state index >= 15 is 0 Å². The SMILES string of the molecule is CCCCON[C@@H](C[C@@H]1O[C@]1(C)CCC[C@H](C)[C@H](O)[C@@H](C)C(=O)C(C)(C)[C@@H](O)CC(=O)On1nnc2ccccc21)/C(C)=C/c1csc(C)n1. The predicted octanol–water partition coefficient (Wildman–Crippen LogP) is 5.64. The van der Waals surface area contributed by atoms with Gasteiger partial charge in [0.25, 0.3) is 0 Å². The second-order valence-corrected chi connectivity index (χ2v) is 15.6. The normalized spacial score (nSPS) is 21.1. The van der Waals surface area contributed by atoms with E-state index in [-0.39, 0.29) is 29.4 Å². The summed E-state index contributed by atoms with van der Waals surface area (Å²) in [6, 6.07) is 6.98. The molecule has 2 aromatic heterocycles. The van der Waals surface area contributed by atoms with Gasteiger partial charge in [0.15, 0.2) is 0 Å². The van der Waals surface area contributed by atoms with Crippen LogP contribution in [0.1, 0.15) is 104 Å². The fraction of sp³-hybridized carbons (Fsp3) is 0.649. The first-order valence-electron chi connectivity index (χ1n) is 17.7. The highest BCUT2D eigenvalue weighted by Crippen LogP contribution is 2.44. The number of aliphatic hydroxyl groups is 2. The van der Waals surface area contributed by atoms with Crippen molar-refractivity contribution in [2.45, 2.75) is 130 Å². The molecular weight excluding hydrogens is 659 g/mol. The minimum Gasteiger partial charge on any atom is -0.392 e. The van der Waals surface area contributed by atoms with Crippen LogP contribution < -0.4 is 10.3 Å². The maximum Gasteiger partial charge on any atom is 0.337 e. The van der Waals surface area contributed by atoms with E-state index in [9.17, 15) is 19.8 Å². The minimum atomic E-state index is -1.33. The van der Waals surface area contributed by atoms with Crippen LogP contribution in [0.3, 0.4) is 0 Å². The van der Waals surface area contributed by atoms with Gasteiger partial charge in [0.1, 0.15) is 16.8 Å². The number of thiazole rings is 1. The van der Waals surface area contributed by atoms with Crippen LogP contribution in [0.15, 0.2) is 35.2 Å². The quantitative estimate of drug-likeness (QED) is 0.0542. The summed E-state index contributed by atoms with van der Waals surface area (Å²) < 4.78 is 6.22. The first-order chi connectivity index (χ1) is 23.7. The Kier molecular flexibility index (Phi) is 13.8. The second-order valence-electron chi connectivity index (χ2n) is 14.6. The number of unbranched alkanes of at least 4 members (excludes halogenated alkanes) is 1. The Balaban J connectivity index is 1.24. The molecule has 13 heteroatoms. The van der Waals surface area contributed by atoms with E-state index in [1.807, 2.05) is 13.8 Å². The highest BCUT2D eigenvalue weighted by molar-refractivity contribution is 7.09. The lowest BCUT2D eigenvalue weighted by molar-refractivity contribution is -0.152. The molecule has 3 N–H and O–H groups in total. The zero-order chi connectivity index (χ0) is 36.6. The standard InChI is InChI=1S/C37H55N5O7S/c1-9-10-18-47-40-29(24(3)19-27-22-50-26(5)38-27)20-32-37(8,48-32)17-13-14-23(2)34(45)25(4)35(46)36(6,7)31(43)21-33(44)49-42-30-16-12-11-15-28(30)39-41-42/h11-12,15-16,19,22-23,25,29,31-32,34,40,43,45H,9-10,13-14,17-18,20-21H2,1-8H3/b24-19+/t23-,25+,29-,31-,32-,34-,37+/m0/s1. The molecule has 1 aliphatic rings. The van der Waals surface area contributed by atoms with Gasteiger partial charge in [0.2, 0.25) is 0 Å². The Morgan fingerprint density at radius 2 is 1.96 bits per heavy atom. The van der Waals surface area contributed by atoms with Crippen LogP contribution in [0, 0.1) is 24.2 Å². The number of aromatic nitrogens is 4. The lowest BCUT2D eigenvalue weighted by Gasteiger charge is -2.34. The number of carbonyl (C=O) groups excluding carboxylic acids is 2. The molecule has 1 saturated heterocycles. The molecule has 0 bridgehead atoms. The number of hydrogen-bond acceptors (Lipinski definition) is 12. The molecule has 0 saturated carbocycles. The van der Waals surface area contributed by atoms with Crippen LogP contribution in [-0.4, -0.2) is 78.7 Å². The van der Waals surface area contributed by atoms with Crippen LogP contribution in [-0.2, 0) is 19.2 Å². The smallest absolute Gasteiger partial charge is 0.337 e. The first-order valence-corrected chi connectivity index (χ1v) is 18.6. The van der Waals surface area contributed by atoms with Gasteiger partial charge in [0, 0.05) is 11.3 Å². The van der Waals surface area contributed by atoms with Crippen molar-refractivity contribution in [1.82, 2.24) is 25.6 Å². The number of nitrogens with one attached hydrogen (secondary N) is 1. The molecule has 3 aromatic rings. The van der Waals surface area contributed by atoms with Crippen molar-refractivity contribution in [3.63, 3.8) is 0 Å². The zero-order valence-corrected chi connectivity index (χ0v) is 31.5. The van der Waals surface area contributed by atoms with Gasteiger partial charge >= 0.3 is 5.97 Å². The van der Waals surface area contributed by atoms with E-state index in [0.717, 1.165) is 53.2 Å². The molecule has 276 valence electrons. The molecule has 0 aliphatic carbocycles. The summed E-state index contributed by atoms with van der Waals surface area (Å²) in [5.41, 5.74) is 4.83. The number of rotatable bonds is 21. The Labute approximate surface area is 299 Å². The Hall–Kier alpha value is -3.07. The molecule has 7 atom stereocenters. The summed E-state index contributed by atoms with van der Waals surface area (Å²) in [5.74, 6) is -1.99. The highest BCUT2D eigenvalue weighted by atomic mass is 32.1. The molecule has 0 unspecified atom stereocenters. The van der Waals surface area contributed by atoms with Crippen LogP contribution in [0.4, 0.5) is 0 Å². The van der Waals surface area contributed by atoms with Crippen LogP contribution in [0.2, 0.25) is 0 Å². The number of aryl methyl sites for hydroxylation is 1. The van der Waals surface area contributed by atoms with Gasteiger partial charge < -0.3 is 24.6 Å². The summed E-state index contributed by atoms with van der Waals surface area (Å²) in [6.45, 7) is 15.8. The van der Waals surface area contributed by atoms with Gasteiger partial charge in [-0.3, -0.25) is 4.79 Å². The monoisotopic (exact) mass is 713 g/mol. The van der Waals surface area contributed by atoms with Gasteiger partial charge in [-0.05, 0) is 75.8 Å². The fourth-order valence-electron chi connectivity index (χ4n) is 6.31. The molecule has 3 heterocycles. The number of epoxide rings is 1. The Morgan fingerprint density at radius 3 is 2.66 bits per heavy atom. The van der Waals surface area contributed by atoms with E-state index in [1.165, 1.54) is 0 Å². The topological polar surface area (TPSA) is 161 Å². The molecule has 0 amide bonds. The number of fused-ring (bicyclic) bond motifs is 1. The largest absolute Gasteiger partial charge is 0.392 e. The van der Waals surface area contributed by atoms with Crippen LogP contribution >= 0.6 is 11.3 Å². The number of para-hydroxylation sites is 1. The number of carbonyl (C=O) groups is 2. The van der Waals surface area contributed by atoms with E-state index in [0.29, 0.717) is 24.1 Å². The Bertz CT molecular complexity index is 1610. The van der Waals surface area contributed by atoms with Crippen molar-refractivity contribution in [3.8, 4) is 0 Å². The molecule has 4 rings (SSSR count). The lowest BCUT2D eigenvalue weighted by Crippen LogP contribution is -2.46. The van der Waals surface area contributed by atoms with E-state index in [1.54, 1.807) is 56.4 Å². The van der Waals surface area contributed by atoms with E-state index in [2.05, 4.69) is 53.0 Å². The number of aliphatic hydroxyl groups excluding tert-OH is 2. The average Bonchev–Trinajstić information content (AvgIpc) is 3.33. The summed E-state index contributed by atoms with van der Waals surface area (Å²) in [4.78, 5) is 42.9. The number of nitrogens with zero attached hydrogens (tertiary/aromatic N) is 4. The number of ketones is 1. The van der Waals surface area contributed by atoms with Gasteiger partial charge in [-0.1, -0.05) is 70.0 Å². The molecule has 1 aliphatic heterocycles. The number of hydrogen-bond donors (Lipinski definition) is 3. The molecule has 0 radical (unpaired) electrons. The van der Waals surface area contributed by atoms with Gasteiger partial charge in [-0.15, -0.1) is 16.4 Å². The number of hydroxylamine groups is 1. The summed E-state index contributed by atoms with van der Waals surface area (Å²) in [6.07, 6.45) is 4.64. The zero-order valence-electron chi connectivity index (χ0n) is 30.7. The van der Waals surface area contributed by atoms with E-state index in [4.69, 9.17) is 14.4 Å². The first kappa shape index (κ1) is 39.7. The van der Waals surface area contributed by atoms with Gasteiger partial charge in [0.05, 0.1) is 59.1 Å². The van der Waals surface area contributed by atoms with Crippen molar-refractivity contribution in [3.05, 3.63) is 45.9 Å². The van der Waals surface area contributed by atoms with Crippen molar-refractivity contribution >= 4 is 40.2 Å². The third kappa shape index (κ3) is 10.3. The second kappa shape index (κ2) is 17.4. The lowest BCUT2D eigenvalue weighted by atomic mass is 9.73. The summed E-state index contributed by atoms with van der Waals surface area (Å²) >= 11 is 1.63. The Morgan fingerprint density at radius 1 is 1.22 bits per heavy atom. The maximum atomic E-state index is 13.6. The summed E-state index contributed by atoms with van der Waals surface area (Å²) in [5, 5.41) is 33.0. The minimum absolute atomic E-state index is 0.0173. The van der Waals surface area contributed by atoms with Gasteiger partial charge in [-0.25, -0.2) is 9.78 Å². The fourth-order valence-corrected chi connectivity index (χ4v) is 6.88. The van der Waals surface area contributed by atoms with Gasteiger partial charge in [-0.2, -0.15) is 5.48 Å². The third-order valence-corrected chi connectivity index (χ3v) is 10.8. The third-order valence-electron chi connectivity index (χ3n) is 10.1. The average molecular weight is 714 g/mol. The van der Waals surface area contributed by atoms with E-state index < -0.39 is 35.9 Å². The van der Waals surface area contributed by atoms with Crippen molar-refractivity contribution < 1.29 is 34.2 Å². The van der Waals surface area contributed by atoms with Crippen molar-refractivity contribution in [1.29, 1.82) is 0 Å². The molecule has 1 fully saturated rings. The molecular formula is C37H55N5O7S. The molecule has 12 nitrogen and oxygen atoms in total. The maximum absolute atomic E-state index is 13.6.